The molecule has 0 bridgehead atoms. The number of hydrogen-bond acceptors (Lipinski definition) is 4. The number of ether oxygens (including phenoxy) is 2. The van der Waals surface area contributed by atoms with Crippen LogP contribution in [-0.2, 0) is 9.53 Å². The zero-order valence-electron chi connectivity index (χ0n) is 16.3. The summed E-state index contributed by atoms with van der Waals surface area (Å²) in [5, 5.41) is 0.606. The number of rotatable bonds is 6. The SMILES string of the molecule is O=C(/C=C/c1ccc(OC2CCN(CC3CC3)CC2)cc1Cl)N1CCOCC1. The summed E-state index contributed by atoms with van der Waals surface area (Å²) < 4.78 is 11.4. The molecule has 0 aromatic heterocycles. The van der Waals surface area contributed by atoms with Gasteiger partial charge in [-0.2, -0.15) is 0 Å². The number of carbonyl (C=O) groups is 1. The molecule has 4 rings (SSSR count). The van der Waals surface area contributed by atoms with Crippen molar-refractivity contribution in [2.45, 2.75) is 31.8 Å². The first-order valence-corrected chi connectivity index (χ1v) is 10.8. The molecule has 1 saturated carbocycles. The van der Waals surface area contributed by atoms with Gasteiger partial charge in [0, 0.05) is 38.8 Å². The highest BCUT2D eigenvalue weighted by molar-refractivity contribution is 6.32. The van der Waals surface area contributed by atoms with Crippen LogP contribution in [0.25, 0.3) is 6.08 Å². The summed E-state index contributed by atoms with van der Waals surface area (Å²) in [5.74, 6) is 1.76. The quantitative estimate of drug-likeness (QED) is 0.681. The van der Waals surface area contributed by atoms with E-state index in [1.54, 1.807) is 17.1 Å². The number of halogens is 1. The van der Waals surface area contributed by atoms with Gasteiger partial charge in [0.05, 0.1) is 18.2 Å². The molecule has 1 aliphatic carbocycles. The fourth-order valence-corrected chi connectivity index (χ4v) is 4.07. The molecule has 3 fully saturated rings. The van der Waals surface area contributed by atoms with E-state index in [-0.39, 0.29) is 12.0 Å². The minimum atomic E-state index is -0.00218. The number of hydrogen-bond donors (Lipinski definition) is 0. The van der Waals surface area contributed by atoms with E-state index in [0.29, 0.717) is 31.3 Å². The molecule has 1 amide bonds. The summed E-state index contributed by atoms with van der Waals surface area (Å²) in [7, 11) is 0. The predicted octanol–water partition coefficient (Wildman–Crippen LogP) is 3.47. The summed E-state index contributed by atoms with van der Waals surface area (Å²) in [6, 6.07) is 5.72. The molecule has 2 saturated heterocycles. The van der Waals surface area contributed by atoms with Crippen molar-refractivity contribution in [3.8, 4) is 5.75 Å². The fraction of sp³-hybridized carbons (Fsp3) is 0.591. The van der Waals surface area contributed by atoms with Crippen molar-refractivity contribution in [3.05, 3.63) is 34.9 Å². The lowest BCUT2D eigenvalue weighted by molar-refractivity contribution is -0.129. The molecule has 6 heteroatoms. The van der Waals surface area contributed by atoms with Gasteiger partial charge in [-0.25, -0.2) is 0 Å². The van der Waals surface area contributed by atoms with Gasteiger partial charge < -0.3 is 19.3 Å². The van der Waals surface area contributed by atoms with Gasteiger partial charge >= 0.3 is 0 Å². The van der Waals surface area contributed by atoms with Crippen LogP contribution in [0, 0.1) is 5.92 Å². The summed E-state index contributed by atoms with van der Waals surface area (Å²) in [5.41, 5.74) is 0.829. The largest absolute Gasteiger partial charge is 0.490 e. The maximum absolute atomic E-state index is 12.2. The highest BCUT2D eigenvalue weighted by atomic mass is 35.5. The second-order valence-electron chi connectivity index (χ2n) is 8.02. The van der Waals surface area contributed by atoms with Crippen LogP contribution in [0.1, 0.15) is 31.2 Å². The molecule has 5 nitrogen and oxygen atoms in total. The lowest BCUT2D eigenvalue weighted by Gasteiger charge is -2.32. The van der Waals surface area contributed by atoms with E-state index in [1.807, 2.05) is 18.2 Å². The van der Waals surface area contributed by atoms with Crippen molar-refractivity contribution in [1.82, 2.24) is 9.80 Å². The van der Waals surface area contributed by atoms with Crippen LogP contribution in [0.3, 0.4) is 0 Å². The van der Waals surface area contributed by atoms with Crippen LogP contribution in [-0.4, -0.2) is 67.7 Å². The molecule has 152 valence electrons. The van der Waals surface area contributed by atoms with Crippen molar-refractivity contribution < 1.29 is 14.3 Å². The average Bonchev–Trinajstić information content (AvgIpc) is 3.53. The van der Waals surface area contributed by atoms with Crippen LogP contribution in [0.4, 0.5) is 0 Å². The lowest BCUT2D eigenvalue weighted by Crippen LogP contribution is -2.39. The van der Waals surface area contributed by atoms with Gasteiger partial charge in [0.1, 0.15) is 11.9 Å². The third-order valence-corrected chi connectivity index (χ3v) is 6.08. The second-order valence-corrected chi connectivity index (χ2v) is 8.42. The van der Waals surface area contributed by atoms with Crippen molar-refractivity contribution in [2.24, 2.45) is 5.92 Å². The molecule has 1 aromatic rings. The third-order valence-electron chi connectivity index (χ3n) is 5.75. The highest BCUT2D eigenvalue weighted by Gasteiger charge is 2.27. The Kier molecular flexibility index (Phi) is 6.55. The molecular weight excluding hydrogens is 376 g/mol. The van der Waals surface area contributed by atoms with Crippen molar-refractivity contribution >= 4 is 23.6 Å². The summed E-state index contributed by atoms with van der Waals surface area (Å²) in [6.45, 7) is 6.01. The standard InChI is InChI=1S/C22H29ClN2O3/c23-21-15-20(28-19-7-9-24(10-8-19)16-17-1-2-17)5-3-18(21)4-6-22(26)25-11-13-27-14-12-25/h3-6,15,17,19H,1-2,7-14,16H2/b6-4+. The Labute approximate surface area is 172 Å². The van der Waals surface area contributed by atoms with Crippen LogP contribution < -0.4 is 4.74 Å². The Balaban J connectivity index is 1.27. The molecule has 2 aliphatic heterocycles. The Morgan fingerprint density at radius 2 is 1.89 bits per heavy atom. The molecule has 28 heavy (non-hydrogen) atoms. The minimum Gasteiger partial charge on any atom is -0.490 e. The Morgan fingerprint density at radius 3 is 2.57 bits per heavy atom. The molecule has 0 N–H and O–H groups in total. The molecule has 3 aliphatic rings. The summed E-state index contributed by atoms with van der Waals surface area (Å²) >= 11 is 6.42. The van der Waals surface area contributed by atoms with Crippen molar-refractivity contribution in [1.29, 1.82) is 0 Å². The summed E-state index contributed by atoms with van der Waals surface area (Å²) in [6.07, 6.45) is 8.58. The number of benzene rings is 1. The van der Waals surface area contributed by atoms with Gasteiger partial charge in [-0.1, -0.05) is 11.6 Å². The van der Waals surface area contributed by atoms with Gasteiger partial charge in [0.2, 0.25) is 5.91 Å². The van der Waals surface area contributed by atoms with Gasteiger partial charge in [0.15, 0.2) is 0 Å². The number of morpholine rings is 1. The third kappa shape index (κ3) is 5.49. The van der Waals surface area contributed by atoms with Crippen LogP contribution in [0.15, 0.2) is 24.3 Å². The Bertz CT molecular complexity index is 706. The van der Waals surface area contributed by atoms with E-state index in [4.69, 9.17) is 21.1 Å². The molecule has 0 atom stereocenters. The lowest BCUT2D eigenvalue weighted by atomic mass is 10.1. The van der Waals surface area contributed by atoms with E-state index >= 15 is 0 Å². The highest BCUT2D eigenvalue weighted by Crippen LogP contribution is 2.31. The maximum Gasteiger partial charge on any atom is 0.246 e. The van der Waals surface area contributed by atoms with Gasteiger partial charge in [0.25, 0.3) is 0 Å². The van der Waals surface area contributed by atoms with E-state index in [9.17, 15) is 4.79 Å². The van der Waals surface area contributed by atoms with Gasteiger partial charge in [-0.3, -0.25) is 4.79 Å². The molecule has 0 radical (unpaired) electrons. The first-order chi connectivity index (χ1) is 13.7. The van der Waals surface area contributed by atoms with E-state index in [1.165, 1.54) is 19.4 Å². The smallest absolute Gasteiger partial charge is 0.246 e. The molecule has 0 spiro atoms. The number of likely N-dealkylation sites (tertiary alicyclic amines) is 1. The fourth-order valence-electron chi connectivity index (χ4n) is 3.83. The van der Waals surface area contributed by atoms with Crippen LogP contribution in [0.5, 0.6) is 5.75 Å². The second kappa shape index (κ2) is 9.29. The molecule has 2 heterocycles. The minimum absolute atomic E-state index is 0.00218. The molecule has 1 aromatic carbocycles. The van der Waals surface area contributed by atoms with Gasteiger partial charge in [-0.15, -0.1) is 0 Å². The van der Waals surface area contributed by atoms with Crippen molar-refractivity contribution in [3.63, 3.8) is 0 Å². The normalized spacial score (nSPS) is 22.0. The average molecular weight is 405 g/mol. The van der Waals surface area contributed by atoms with E-state index in [2.05, 4.69) is 4.90 Å². The number of amides is 1. The van der Waals surface area contributed by atoms with Crippen molar-refractivity contribution in [2.75, 3.05) is 45.9 Å². The molecule has 0 unspecified atom stereocenters. The monoisotopic (exact) mass is 404 g/mol. The Morgan fingerprint density at radius 1 is 1.14 bits per heavy atom. The Hall–Kier alpha value is -1.56. The first-order valence-electron chi connectivity index (χ1n) is 10.4. The predicted molar refractivity (Wildman–Crippen MR) is 111 cm³/mol. The number of piperidine rings is 1. The molecular formula is C22H29ClN2O3. The topological polar surface area (TPSA) is 42.0 Å². The van der Waals surface area contributed by atoms with Gasteiger partial charge in [-0.05, 0) is 61.4 Å². The summed E-state index contributed by atoms with van der Waals surface area (Å²) in [4.78, 5) is 16.6. The zero-order valence-corrected chi connectivity index (χ0v) is 17.1. The first kappa shape index (κ1) is 19.7. The number of nitrogens with zero attached hydrogens (tertiary/aromatic N) is 2. The zero-order chi connectivity index (χ0) is 19.3. The van der Waals surface area contributed by atoms with E-state index in [0.717, 1.165) is 43.2 Å². The van der Waals surface area contributed by atoms with Crippen LogP contribution in [0.2, 0.25) is 5.02 Å². The van der Waals surface area contributed by atoms with Crippen LogP contribution >= 0.6 is 11.6 Å². The maximum atomic E-state index is 12.2. The number of carbonyl (C=O) groups excluding carboxylic acids is 1. The van der Waals surface area contributed by atoms with E-state index < -0.39 is 0 Å².